The number of aromatic nitrogens is 1. The number of halogens is 1. The number of thiazole rings is 1. The lowest BCUT2D eigenvalue weighted by atomic mass is 10.1. The minimum Gasteiger partial charge on any atom is -0.298 e. The van der Waals surface area contributed by atoms with Gasteiger partial charge >= 0.3 is 0 Å². The van der Waals surface area contributed by atoms with E-state index in [1.54, 1.807) is 12.1 Å². The summed E-state index contributed by atoms with van der Waals surface area (Å²) in [7, 11) is -3.29. The number of benzene rings is 2. The molecule has 0 radical (unpaired) electrons. The topological polar surface area (TPSA) is 76.1 Å². The first kappa shape index (κ1) is 18.6. The Bertz CT molecular complexity index is 1060. The summed E-state index contributed by atoms with van der Waals surface area (Å²) in [4.78, 5) is 18.0. The zero-order valence-electron chi connectivity index (χ0n) is 14.0. The fraction of sp³-hybridized carbons (Fsp3) is 0.111. The van der Waals surface area contributed by atoms with E-state index >= 15 is 0 Å². The Labute approximate surface area is 160 Å². The van der Waals surface area contributed by atoms with Crippen molar-refractivity contribution in [3.8, 4) is 11.3 Å². The van der Waals surface area contributed by atoms with Gasteiger partial charge in [-0.2, -0.15) is 0 Å². The molecule has 1 heterocycles. The molecule has 3 aromatic rings. The second-order valence-corrected chi connectivity index (χ2v) is 9.34. The summed E-state index contributed by atoms with van der Waals surface area (Å²) in [6.07, 6.45) is 1.12. The Balaban J connectivity index is 1.80. The molecule has 0 atom stereocenters. The molecular weight excluding hydrogens is 392 g/mol. The molecule has 1 N–H and O–H groups in total. The zero-order chi connectivity index (χ0) is 18.9. The number of hydrogen-bond acceptors (Lipinski definition) is 5. The van der Waals surface area contributed by atoms with E-state index in [0.717, 1.165) is 22.4 Å². The molecule has 0 bridgehead atoms. The molecule has 1 aromatic heterocycles. The van der Waals surface area contributed by atoms with Crippen molar-refractivity contribution in [3.63, 3.8) is 0 Å². The number of nitrogens with one attached hydrogen (secondary N) is 1. The van der Waals surface area contributed by atoms with Crippen molar-refractivity contribution in [2.45, 2.75) is 11.8 Å². The zero-order valence-corrected chi connectivity index (χ0v) is 16.4. The van der Waals surface area contributed by atoms with Gasteiger partial charge < -0.3 is 0 Å². The molecule has 2 aromatic carbocycles. The first-order valence-corrected chi connectivity index (χ1v) is 10.7. The highest BCUT2D eigenvalue weighted by molar-refractivity contribution is 7.90. The first-order valence-electron chi connectivity index (χ1n) is 7.59. The maximum absolute atomic E-state index is 12.4. The molecule has 5 nitrogen and oxygen atoms in total. The van der Waals surface area contributed by atoms with Crippen LogP contribution < -0.4 is 5.32 Å². The molecule has 0 aliphatic heterocycles. The summed E-state index contributed by atoms with van der Waals surface area (Å²) in [5.74, 6) is -0.346. The SMILES string of the molecule is Cc1sc(NC(=O)c2ccc(S(C)(=O)=O)cc2)nc1-c1ccc(Cl)cc1. The molecule has 134 valence electrons. The fourth-order valence-corrected chi connectivity index (χ4v) is 3.94. The average Bonchev–Trinajstić information content (AvgIpc) is 2.95. The Morgan fingerprint density at radius 3 is 2.27 bits per heavy atom. The van der Waals surface area contributed by atoms with Crippen LogP contribution in [0.1, 0.15) is 15.2 Å². The van der Waals surface area contributed by atoms with Crippen LogP contribution in [-0.4, -0.2) is 25.6 Å². The highest BCUT2D eigenvalue weighted by Crippen LogP contribution is 2.31. The smallest absolute Gasteiger partial charge is 0.257 e. The van der Waals surface area contributed by atoms with Gasteiger partial charge in [0.1, 0.15) is 0 Å². The van der Waals surface area contributed by atoms with Crippen molar-refractivity contribution in [1.29, 1.82) is 0 Å². The van der Waals surface area contributed by atoms with E-state index in [4.69, 9.17) is 11.6 Å². The van der Waals surface area contributed by atoms with E-state index in [2.05, 4.69) is 10.3 Å². The van der Waals surface area contributed by atoms with Gasteiger partial charge in [-0.05, 0) is 43.3 Å². The maximum atomic E-state index is 12.4. The molecule has 0 saturated carbocycles. The Hall–Kier alpha value is -2.22. The van der Waals surface area contributed by atoms with E-state index in [1.807, 2.05) is 19.1 Å². The van der Waals surface area contributed by atoms with E-state index in [1.165, 1.54) is 35.6 Å². The maximum Gasteiger partial charge on any atom is 0.257 e. The average molecular weight is 407 g/mol. The third-order valence-electron chi connectivity index (χ3n) is 3.68. The summed E-state index contributed by atoms with van der Waals surface area (Å²) >= 11 is 7.28. The number of sulfone groups is 1. The molecule has 0 saturated heterocycles. The van der Waals surface area contributed by atoms with Gasteiger partial charge in [-0.1, -0.05) is 23.7 Å². The Kier molecular flexibility index (Phi) is 5.13. The molecule has 26 heavy (non-hydrogen) atoms. The van der Waals surface area contributed by atoms with Crippen LogP contribution in [0, 0.1) is 6.92 Å². The third-order valence-corrected chi connectivity index (χ3v) is 5.95. The number of rotatable bonds is 4. The van der Waals surface area contributed by atoms with Crippen molar-refractivity contribution in [2.75, 3.05) is 11.6 Å². The summed E-state index contributed by atoms with van der Waals surface area (Å²) < 4.78 is 23.0. The van der Waals surface area contributed by atoms with Gasteiger partial charge in [0.2, 0.25) is 0 Å². The summed E-state index contributed by atoms with van der Waals surface area (Å²) in [5, 5.41) is 3.87. The van der Waals surface area contributed by atoms with Crippen LogP contribution >= 0.6 is 22.9 Å². The van der Waals surface area contributed by atoms with E-state index < -0.39 is 9.84 Å². The molecule has 0 unspecified atom stereocenters. The summed E-state index contributed by atoms with van der Waals surface area (Å²) in [5.41, 5.74) is 2.06. The minimum atomic E-state index is -3.29. The van der Waals surface area contributed by atoms with E-state index in [9.17, 15) is 13.2 Å². The van der Waals surface area contributed by atoms with Crippen LogP contribution in [0.5, 0.6) is 0 Å². The Morgan fingerprint density at radius 2 is 1.69 bits per heavy atom. The first-order chi connectivity index (χ1) is 12.2. The van der Waals surface area contributed by atoms with Gasteiger partial charge in [0.05, 0.1) is 10.6 Å². The number of hydrogen-bond donors (Lipinski definition) is 1. The molecule has 8 heteroatoms. The highest BCUT2D eigenvalue weighted by atomic mass is 35.5. The van der Waals surface area contributed by atoms with Crippen LogP contribution in [0.3, 0.4) is 0 Å². The molecule has 1 amide bonds. The standard InChI is InChI=1S/C18H15ClN2O3S2/c1-11-16(12-3-7-14(19)8-4-12)20-18(25-11)21-17(22)13-5-9-15(10-6-13)26(2,23)24/h3-10H,1-2H3,(H,20,21,22). The minimum absolute atomic E-state index is 0.171. The van der Waals surface area contributed by atoms with Crippen LogP contribution in [0.25, 0.3) is 11.3 Å². The molecule has 0 aliphatic carbocycles. The number of carbonyl (C=O) groups is 1. The van der Waals surface area contributed by atoms with Crippen molar-refractivity contribution in [2.24, 2.45) is 0 Å². The second-order valence-electron chi connectivity index (χ2n) is 5.68. The number of anilines is 1. The monoisotopic (exact) mass is 406 g/mol. The van der Waals surface area contributed by atoms with Crippen LogP contribution in [0.4, 0.5) is 5.13 Å². The van der Waals surface area contributed by atoms with Crippen molar-refractivity contribution < 1.29 is 13.2 Å². The van der Waals surface area contributed by atoms with Gasteiger partial charge in [0, 0.05) is 27.3 Å². The van der Waals surface area contributed by atoms with Gasteiger partial charge in [-0.25, -0.2) is 13.4 Å². The van der Waals surface area contributed by atoms with Crippen molar-refractivity contribution in [3.05, 3.63) is 64.0 Å². The normalized spacial score (nSPS) is 11.3. The molecule has 0 aliphatic rings. The largest absolute Gasteiger partial charge is 0.298 e. The van der Waals surface area contributed by atoms with Gasteiger partial charge in [0.15, 0.2) is 15.0 Å². The lowest BCUT2D eigenvalue weighted by molar-refractivity contribution is 0.102. The molecule has 0 fully saturated rings. The number of carbonyl (C=O) groups excluding carboxylic acids is 1. The van der Waals surface area contributed by atoms with Crippen molar-refractivity contribution >= 4 is 43.8 Å². The van der Waals surface area contributed by atoms with Gasteiger partial charge in [-0.3, -0.25) is 10.1 Å². The third kappa shape index (κ3) is 4.12. The number of nitrogens with zero attached hydrogens (tertiary/aromatic N) is 1. The Morgan fingerprint density at radius 1 is 1.08 bits per heavy atom. The fourth-order valence-electron chi connectivity index (χ4n) is 2.35. The van der Waals surface area contributed by atoms with E-state index in [0.29, 0.717) is 15.7 Å². The predicted molar refractivity (Wildman–Crippen MR) is 105 cm³/mol. The molecule has 0 spiro atoms. The quantitative estimate of drug-likeness (QED) is 0.695. The molecule has 3 rings (SSSR count). The van der Waals surface area contributed by atoms with Gasteiger partial charge in [-0.15, -0.1) is 11.3 Å². The van der Waals surface area contributed by atoms with E-state index in [-0.39, 0.29) is 10.8 Å². The van der Waals surface area contributed by atoms with Gasteiger partial charge in [0.25, 0.3) is 5.91 Å². The van der Waals surface area contributed by atoms with Crippen LogP contribution in [-0.2, 0) is 9.84 Å². The highest BCUT2D eigenvalue weighted by Gasteiger charge is 2.14. The molecular formula is C18H15ClN2O3S2. The lowest BCUT2D eigenvalue weighted by Crippen LogP contribution is -2.11. The summed E-state index contributed by atoms with van der Waals surface area (Å²) in [6.45, 7) is 1.93. The number of aryl methyl sites for hydroxylation is 1. The van der Waals surface area contributed by atoms with Crippen molar-refractivity contribution in [1.82, 2.24) is 4.98 Å². The lowest BCUT2D eigenvalue weighted by Gasteiger charge is -2.03. The second kappa shape index (κ2) is 7.19. The van der Waals surface area contributed by atoms with Crippen LogP contribution in [0.15, 0.2) is 53.4 Å². The predicted octanol–water partition coefficient (Wildman–Crippen LogP) is 4.43. The number of amides is 1. The van der Waals surface area contributed by atoms with Crippen LogP contribution in [0.2, 0.25) is 5.02 Å². The summed E-state index contributed by atoms with van der Waals surface area (Å²) in [6, 6.07) is 13.1.